The van der Waals surface area contributed by atoms with E-state index in [2.05, 4.69) is 4.58 Å². The Balaban J connectivity index is 3.89. The molecule has 1 unspecified atom stereocenters. The molecule has 0 aromatic carbocycles. The van der Waals surface area contributed by atoms with Crippen LogP contribution in [0.5, 0.6) is 0 Å². The van der Waals surface area contributed by atoms with Crippen molar-refractivity contribution in [2.75, 3.05) is 0 Å². The van der Waals surface area contributed by atoms with Crippen LogP contribution >= 0.6 is 0 Å². The van der Waals surface area contributed by atoms with Gasteiger partial charge >= 0.3 is 8.80 Å². The van der Waals surface area contributed by atoms with Crippen molar-refractivity contribution in [2.45, 2.75) is 26.2 Å². The molecular weight excluding hydrogens is 168 g/mol. The van der Waals surface area contributed by atoms with Crippen LogP contribution in [-0.4, -0.2) is 27.2 Å². The Morgan fingerprint density at radius 3 is 1.60 bits per heavy atom. The zero-order valence-electron chi connectivity index (χ0n) is 6.71. The van der Waals surface area contributed by atoms with Crippen LogP contribution in [-0.2, 0) is 8.69 Å². The molecule has 0 rings (SSSR count). The van der Waals surface area contributed by atoms with Crippen LogP contribution in [0.3, 0.4) is 0 Å². The van der Waals surface area contributed by atoms with Crippen LogP contribution in [0.15, 0.2) is 0 Å². The van der Waals surface area contributed by atoms with Gasteiger partial charge in [-0.05, 0) is 19.6 Å². The normalized spacial score (nSPS) is 18.6. The second-order valence-corrected chi connectivity index (χ2v) is 10.2. The van der Waals surface area contributed by atoms with Gasteiger partial charge in [-0.1, -0.05) is 0 Å². The Kier molecular flexibility index (Phi) is 3.20. The molecule has 0 aromatic heterocycles. The molecule has 0 amide bonds. The van der Waals surface area contributed by atoms with Crippen molar-refractivity contribution in [3.63, 3.8) is 0 Å². The molecule has 6 heteroatoms. The maximum atomic E-state index is 9.14. The first-order valence-electron chi connectivity index (χ1n) is 3.02. The summed E-state index contributed by atoms with van der Waals surface area (Å²) in [6.07, 6.45) is 0. The number of hydrogen-bond acceptors (Lipinski definition) is 4. The van der Waals surface area contributed by atoms with Gasteiger partial charge in [0.05, 0.1) is 0 Å². The second-order valence-electron chi connectivity index (χ2n) is 3.20. The minimum Gasteiger partial charge on any atom is -0.415 e. The predicted octanol–water partition coefficient (Wildman–Crippen LogP) is 0.888. The van der Waals surface area contributed by atoms with Crippen molar-refractivity contribution in [2.24, 2.45) is 0 Å². The van der Waals surface area contributed by atoms with E-state index in [1.165, 1.54) is 6.55 Å². The van der Waals surface area contributed by atoms with Gasteiger partial charge in [-0.2, -0.15) is 0 Å². The first-order chi connectivity index (χ1) is 4.27. The first kappa shape index (κ1) is 10.3. The Hall–Kier alpha value is 0.274. The lowest BCUT2D eigenvalue weighted by atomic mass is 11.8. The lowest BCUT2D eigenvalue weighted by molar-refractivity contribution is -0.182. The highest BCUT2D eigenvalue weighted by Gasteiger charge is 2.36. The highest BCUT2D eigenvalue weighted by atomic mass is 28.5. The van der Waals surface area contributed by atoms with Crippen LogP contribution < -0.4 is 0 Å². The summed E-state index contributed by atoms with van der Waals surface area (Å²) in [6.45, 7) is 7.11. The molecule has 0 saturated heterocycles. The topological polar surface area (TPSA) is 58.9 Å². The Morgan fingerprint density at radius 2 is 1.50 bits per heavy atom. The SMILES string of the molecule is C[Si](C)(C)O[Si](C)(O)OO. The van der Waals surface area contributed by atoms with Crippen molar-refractivity contribution >= 4 is 17.1 Å². The van der Waals surface area contributed by atoms with Gasteiger partial charge in [-0.3, -0.25) is 5.26 Å². The molecule has 1 atom stereocenters. The zero-order chi connectivity index (χ0) is 8.41. The van der Waals surface area contributed by atoms with E-state index in [4.69, 9.17) is 14.2 Å². The van der Waals surface area contributed by atoms with E-state index in [1.807, 2.05) is 19.6 Å². The van der Waals surface area contributed by atoms with Crippen molar-refractivity contribution in [1.29, 1.82) is 0 Å². The molecule has 0 heterocycles. The third-order valence-electron chi connectivity index (χ3n) is 0.665. The van der Waals surface area contributed by atoms with Crippen molar-refractivity contribution in [1.82, 2.24) is 0 Å². The smallest absolute Gasteiger partial charge is 0.415 e. The summed E-state index contributed by atoms with van der Waals surface area (Å²) in [6, 6.07) is 0. The third kappa shape index (κ3) is 5.09. The fourth-order valence-electron chi connectivity index (χ4n) is 0.587. The summed E-state index contributed by atoms with van der Waals surface area (Å²) in [4.78, 5) is 9.14. The van der Waals surface area contributed by atoms with Gasteiger partial charge in [0, 0.05) is 6.55 Å². The molecule has 0 saturated carbocycles. The molecule has 10 heavy (non-hydrogen) atoms. The van der Waals surface area contributed by atoms with Crippen LogP contribution in [0.4, 0.5) is 0 Å². The van der Waals surface area contributed by atoms with Gasteiger partial charge in [0.2, 0.25) is 0 Å². The highest BCUT2D eigenvalue weighted by Crippen LogP contribution is 2.10. The fourth-order valence-corrected chi connectivity index (χ4v) is 5.28. The number of hydrogen-bond donors (Lipinski definition) is 2. The van der Waals surface area contributed by atoms with Crippen LogP contribution in [0.2, 0.25) is 26.2 Å². The maximum absolute atomic E-state index is 9.14. The first-order valence-corrected chi connectivity index (χ1v) is 8.69. The van der Waals surface area contributed by atoms with Gasteiger partial charge in [0.25, 0.3) is 0 Å². The fraction of sp³-hybridized carbons (Fsp3) is 1.00. The van der Waals surface area contributed by atoms with Gasteiger partial charge < -0.3 is 8.91 Å². The van der Waals surface area contributed by atoms with Crippen molar-refractivity contribution in [3.05, 3.63) is 0 Å². The minimum absolute atomic E-state index is 1.38. The van der Waals surface area contributed by atoms with Crippen LogP contribution in [0.1, 0.15) is 0 Å². The average molecular weight is 182 g/mol. The monoisotopic (exact) mass is 182 g/mol. The Bertz CT molecular complexity index is 108. The predicted molar refractivity (Wildman–Crippen MR) is 42.0 cm³/mol. The van der Waals surface area contributed by atoms with Gasteiger partial charge in [-0.25, -0.2) is 4.58 Å². The second kappa shape index (κ2) is 3.12. The Labute approximate surface area is 62.8 Å². The number of rotatable bonds is 3. The van der Waals surface area contributed by atoms with Crippen LogP contribution in [0, 0.1) is 0 Å². The molecule has 0 radical (unpaired) electrons. The van der Waals surface area contributed by atoms with Crippen molar-refractivity contribution < 1.29 is 18.7 Å². The van der Waals surface area contributed by atoms with E-state index in [9.17, 15) is 0 Å². The molecule has 0 aliphatic rings. The Morgan fingerprint density at radius 1 is 1.10 bits per heavy atom. The molecule has 0 aliphatic carbocycles. The molecule has 0 aromatic rings. The van der Waals surface area contributed by atoms with E-state index in [1.54, 1.807) is 0 Å². The van der Waals surface area contributed by atoms with E-state index < -0.39 is 17.1 Å². The lowest BCUT2D eigenvalue weighted by Crippen LogP contribution is -2.46. The summed E-state index contributed by atoms with van der Waals surface area (Å²) < 4.78 is 8.96. The summed E-state index contributed by atoms with van der Waals surface area (Å²) in [5.41, 5.74) is 0. The van der Waals surface area contributed by atoms with E-state index in [0.717, 1.165) is 0 Å². The molecule has 0 aliphatic heterocycles. The lowest BCUT2D eigenvalue weighted by Gasteiger charge is -2.25. The van der Waals surface area contributed by atoms with Gasteiger partial charge in [0.1, 0.15) is 0 Å². The molecule has 2 N–H and O–H groups in total. The maximum Gasteiger partial charge on any atom is 0.513 e. The van der Waals surface area contributed by atoms with Crippen molar-refractivity contribution in [3.8, 4) is 0 Å². The highest BCUT2D eigenvalue weighted by molar-refractivity contribution is 6.78. The average Bonchev–Trinajstić information content (AvgIpc) is 1.60. The standard InChI is InChI=1S/C4H14O4Si2/c1-9(2,3)8-10(4,6)7-5/h5-6H,1-4H3. The van der Waals surface area contributed by atoms with E-state index in [-0.39, 0.29) is 0 Å². The summed E-state index contributed by atoms with van der Waals surface area (Å²) in [7, 11) is -4.98. The van der Waals surface area contributed by atoms with E-state index >= 15 is 0 Å². The largest absolute Gasteiger partial charge is 0.513 e. The molecule has 4 nitrogen and oxygen atoms in total. The molecule has 0 fully saturated rings. The summed E-state index contributed by atoms with van der Waals surface area (Å²) >= 11 is 0. The summed E-state index contributed by atoms with van der Waals surface area (Å²) in [5, 5.41) is 8.17. The molecule has 62 valence electrons. The minimum atomic E-state index is -3.20. The molecular formula is C4H14O4Si2. The van der Waals surface area contributed by atoms with Crippen LogP contribution in [0.25, 0.3) is 0 Å². The quantitative estimate of drug-likeness (QED) is 0.386. The van der Waals surface area contributed by atoms with Gasteiger partial charge in [-0.15, -0.1) is 0 Å². The third-order valence-corrected chi connectivity index (χ3v) is 4.97. The molecule has 0 bridgehead atoms. The zero-order valence-corrected chi connectivity index (χ0v) is 8.71. The van der Waals surface area contributed by atoms with E-state index in [0.29, 0.717) is 0 Å². The molecule has 0 spiro atoms. The van der Waals surface area contributed by atoms with Gasteiger partial charge in [0.15, 0.2) is 8.32 Å². The summed E-state index contributed by atoms with van der Waals surface area (Å²) in [5.74, 6) is 0.